The minimum absolute atomic E-state index is 0.0928. The van der Waals surface area contributed by atoms with Crippen LogP contribution in [0.3, 0.4) is 0 Å². The topological polar surface area (TPSA) is 63.2 Å². The monoisotopic (exact) mass is 395 g/mol. The first kappa shape index (κ1) is 19.1. The van der Waals surface area contributed by atoms with E-state index in [0.717, 1.165) is 11.6 Å². The molecule has 1 N–H and O–H groups in total. The quantitative estimate of drug-likeness (QED) is 0.631. The molecule has 4 nitrogen and oxygen atoms in total. The largest absolute Gasteiger partial charge is 0.416 e. The highest BCUT2D eigenvalue weighted by Crippen LogP contribution is 2.33. The number of carbonyl (C=O) groups excluding carboxylic acids is 3. The molecule has 2 atom stereocenters. The van der Waals surface area contributed by atoms with Gasteiger partial charge in [-0.25, -0.2) is 0 Å². The van der Waals surface area contributed by atoms with Crippen molar-refractivity contribution < 1.29 is 27.6 Å². The second kappa shape index (κ2) is 7.15. The fourth-order valence-corrected chi connectivity index (χ4v) is 3.24. The van der Waals surface area contributed by atoms with Crippen LogP contribution in [0.25, 0.3) is 0 Å². The third-order valence-electron chi connectivity index (χ3n) is 4.33. The van der Waals surface area contributed by atoms with Crippen LogP contribution >= 0.6 is 11.6 Å². The average Bonchev–Trinajstić information content (AvgIpc) is 2.60. The van der Waals surface area contributed by atoms with Gasteiger partial charge in [0.1, 0.15) is 0 Å². The third kappa shape index (κ3) is 3.88. The third-order valence-corrected chi connectivity index (χ3v) is 4.64. The van der Waals surface area contributed by atoms with E-state index >= 15 is 0 Å². The van der Waals surface area contributed by atoms with Crippen LogP contribution in [0.15, 0.2) is 48.5 Å². The normalized spacial score (nSPS) is 20.3. The highest BCUT2D eigenvalue weighted by molar-refractivity contribution is 6.36. The molecule has 2 aromatic carbocycles. The second-order valence-corrected chi connectivity index (χ2v) is 6.54. The van der Waals surface area contributed by atoms with Crippen LogP contribution in [0.4, 0.5) is 13.2 Å². The van der Waals surface area contributed by atoms with Crippen LogP contribution in [0, 0.1) is 5.92 Å². The number of hydrogen-bond donors (Lipinski definition) is 1. The van der Waals surface area contributed by atoms with E-state index < -0.39 is 46.2 Å². The summed E-state index contributed by atoms with van der Waals surface area (Å²) in [6.45, 7) is 0. The summed E-state index contributed by atoms with van der Waals surface area (Å²) in [6.07, 6.45) is -4.71. The number of piperidine rings is 1. The first-order valence-electron chi connectivity index (χ1n) is 7.97. The van der Waals surface area contributed by atoms with E-state index in [1.54, 1.807) is 30.3 Å². The molecule has 140 valence electrons. The summed E-state index contributed by atoms with van der Waals surface area (Å²) >= 11 is 5.81. The molecular formula is C19H13ClF3NO3. The van der Waals surface area contributed by atoms with Gasteiger partial charge >= 0.3 is 6.18 Å². The number of nitrogens with one attached hydrogen (secondary N) is 1. The number of benzene rings is 2. The summed E-state index contributed by atoms with van der Waals surface area (Å²) in [4.78, 5) is 37.4. The SMILES string of the molecule is O=C1CC(c2ccccc2)NC(=O)C1C(=O)c1ccc(C(F)(F)F)cc1Cl. The van der Waals surface area contributed by atoms with E-state index in [4.69, 9.17) is 11.6 Å². The predicted octanol–water partition coefficient (Wildman–Crippen LogP) is 3.99. The Hall–Kier alpha value is -2.67. The second-order valence-electron chi connectivity index (χ2n) is 6.13. The van der Waals surface area contributed by atoms with Crippen molar-refractivity contribution in [2.24, 2.45) is 5.92 Å². The Morgan fingerprint density at radius 1 is 1.07 bits per heavy atom. The van der Waals surface area contributed by atoms with Gasteiger partial charge in [-0.1, -0.05) is 41.9 Å². The molecule has 27 heavy (non-hydrogen) atoms. The smallest absolute Gasteiger partial charge is 0.348 e. The molecule has 0 bridgehead atoms. The molecule has 3 rings (SSSR count). The maximum atomic E-state index is 12.7. The molecule has 0 aliphatic carbocycles. The van der Waals surface area contributed by atoms with Gasteiger partial charge in [0.2, 0.25) is 5.91 Å². The number of carbonyl (C=O) groups is 3. The Morgan fingerprint density at radius 3 is 2.30 bits per heavy atom. The van der Waals surface area contributed by atoms with Gasteiger partial charge in [-0.3, -0.25) is 14.4 Å². The zero-order valence-corrected chi connectivity index (χ0v) is 14.5. The number of Topliss-reactive ketones (excluding diaryl/α,β-unsaturated/α-hetero) is 2. The molecule has 0 spiro atoms. The predicted molar refractivity (Wildman–Crippen MR) is 91.2 cm³/mol. The van der Waals surface area contributed by atoms with Crippen molar-refractivity contribution in [1.29, 1.82) is 0 Å². The van der Waals surface area contributed by atoms with Crippen molar-refractivity contribution in [3.63, 3.8) is 0 Å². The van der Waals surface area contributed by atoms with Gasteiger partial charge in [0.25, 0.3) is 0 Å². The Kier molecular flexibility index (Phi) is 5.06. The van der Waals surface area contributed by atoms with E-state index in [2.05, 4.69) is 5.32 Å². The number of rotatable bonds is 3. The molecular weight excluding hydrogens is 383 g/mol. The maximum absolute atomic E-state index is 12.7. The summed E-state index contributed by atoms with van der Waals surface area (Å²) in [6, 6.07) is 10.4. The van der Waals surface area contributed by atoms with Gasteiger partial charge in [0, 0.05) is 12.0 Å². The number of halogens is 4. The fraction of sp³-hybridized carbons (Fsp3) is 0.211. The van der Waals surface area contributed by atoms with E-state index in [-0.39, 0.29) is 12.0 Å². The van der Waals surface area contributed by atoms with E-state index in [1.165, 1.54) is 0 Å². The molecule has 2 unspecified atom stereocenters. The van der Waals surface area contributed by atoms with Crippen LogP contribution in [0.1, 0.15) is 33.9 Å². The molecule has 1 aliphatic heterocycles. The van der Waals surface area contributed by atoms with Crippen molar-refractivity contribution in [2.45, 2.75) is 18.6 Å². The Morgan fingerprint density at radius 2 is 1.74 bits per heavy atom. The van der Waals surface area contributed by atoms with Crippen LogP contribution in [0.2, 0.25) is 5.02 Å². The zero-order valence-electron chi connectivity index (χ0n) is 13.7. The van der Waals surface area contributed by atoms with Crippen LogP contribution in [-0.4, -0.2) is 17.5 Å². The van der Waals surface area contributed by atoms with Gasteiger partial charge < -0.3 is 5.32 Å². The van der Waals surface area contributed by atoms with Gasteiger partial charge in [-0.15, -0.1) is 0 Å². The molecule has 0 radical (unpaired) electrons. The Balaban J connectivity index is 1.84. The average molecular weight is 396 g/mol. The molecule has 1 heterocycles. The lowest BCUT2D eigenvalue weighted by Gasteiger charge is -2.28. The van der Waals surface area contributed by atoms with E-state index in [9.17, 15) is 27.6 Å². The molecule has 8 heteroatoms. The zero-order chi connectivity index (χ0) is 19.8. The first-order chi connectivity index (χ1) is 12.7. The van der Waals surface area contributed by atoms with Gasteiger partial charge in [0.05, 0.1) is 16.6 Å². The molecule has 2 aromatic rings. The summed E-state index contributed by atoms with van der Waals surface area (Å²) in [5.41, 5.74) is -0.596. The highest BCUT2D eigenvalue weighted by Gasteiger charge is 2.41. The van der Waals surface area contributed by atoms with Crippen LogP contribution in [0.5, 0.6) is 0 Å². The Labute approximate surface area is 157 Å². The number of hydrogen-bond acceptors (Lipinski definition) is 3. The molecule has 1 amide bonds. The summed E-state index contributed by atoms with van der Waals surface area (Å²) in [5.74, 6) is -3.93. The maximum Gasteiger partial charge on any atom is 0.416 e. The number of ketones is 2. The van der Waals surface area contributed by atoms with Crippen molar-refractivity contribution >= 4 is 29.1 Å². The lowest BCUT2D eigenvalue weighted by molar-refractivity contribution is -0.138. The molecule has 1 saturated heterocycles. The summed E-state index contributed by atoms with van der Waals surface area (Å²) < 4.78 is 38.2. The van der Waals surface area contributed by atoms with Crippen LogP contribution in [-0.2, 0) is 15.8 Å². The minimum atomic E-state index is -4.62. The molecule has 0 aromatic heterocycles. The highest BCUT2D eigenvalue weighted by atomic mass is 35.5. The van der Waals surface area contributed by atoms with Crippen LogP contribution < -0.4 is 5.32 Å². The Bertz CT molecular complexity index is 894. The lowest BCUT2D eigenvalue weighted by Crippen LogP contribution is -2.48. The molecule has 1 aliphatic rings. The number of alkyl halides is 3. The van der Waals surface area contributed by atoms with E-state index in [1.807, 2.05) is 0 Å². The lowest BCUT2D eigenvalue weighted by atomic mass is 9.84. The first-order valence-corrected chi connectivity index (χ1v) is 8.35. The molecule has 1 fully saturated rings. The number of amides is 1. The minimum Gasteiger partial charge on any atom is -0.348 e. The van der Waals surface area contributed by atoms with Crippen molar-refractivity contribution in [3.05, 3.63) is 70.2 Å². The molecule has 0 saturated carbocycles. The van der Waals surface area contributed by atoms with E-state index in [0.29, 0.717) is 12.1 Å². The fourth-order valence-electron chi connectivity index (χ4n) is 2.97. The van der Waals surface area contributed by atoms with Crippen molar-refractivity contribution in [3.8, 4) is 0 Å². The summed E-state index contributed by atoms with van der Waals surface area (Å²) in [7, 11) is 0. The van der Waals surface area contributed by atoms with Crippen molar-refractivity contribution in [2.75, 3.05) is 0 Å². The van der Waals surface area contributed by atoms with Crippen molar-refractivity contribution in [1.82, 2.24) is 5.32 Å². The van der Waals surface area contributed by atoms with Gasteiger partial charge in [0.15, 0.2) is 17.5 Å². The standard InChI is InChI=1S/C19H13ClF3NO3/c20-13-8-11(19(21,22)23)6-7-12(13)17(26)16-15(25)9-14(24-18(16)27)10-4-2-1-3-5-10/h1-8,14,16H,9H2,(H,24,27). The van der Waals surface area contributed by atoms with Gasteiger partial charge in [-0.2, -0.15) is 13.2 Å². The van der Waals surface area contributed by atoms with Gasteiger partial charge in [-0.05, 0) is 23.8 Å². The summed E-state index contributed by atoms with van der Waals surface area (Å²) in [5, 5.41) is 2.16.